The number of hydrogen-bond acceptors (Lipinski definition) is 4. The Morgan fingerprint density at radius 1 is 1.04 bits per heavy atom. The molecule has 0 bridgehead atoms. The van der Waals surface area contributed by atoms with Crippen molar-refractivity contribution in [1.29, 1.82) is 0 Å². The van der Waals surface area contributed by atoms with Crippen molar-refractivity contribution < 1.29 is 14.6 Å². The maximum atomic E-state index is 9.28. The Labute approximate surface area is 177 Å². The summed E-state index contributed by atoms with van der Waals surface area (Å²) in [6.45, 7) is 5.63. The van der Waals surface area contributed by atoms with Gasteiger partial charge in [-0.2, -0.15) is 0 Å². The molecule has 2 rings (SSSR count). The highest BCUT2D eigenvalue weighted by Crippen LogP contribution is 2.30. The molecule has 2 N–H and O–H groups in total. The first-order valence-corrected chi connectivity index (χ1v) is 9.49. The third-order valence-corrected chi connectivity index (χ3v) is 4.60. The van der Waals surface area contributed by atoms with Crippen molar-refractivity contribution in [2.24, 2.45) is 0 Å². The van der Waals surface area contributed by atoms with Gasteiger partial charge < -0.3 is 19.9 Å². The van der Waals surface area contributed by atoms with E-state index in [2.05, 4.69) is 5.32 Å². The SMILES string of the molecule is CCOc1cc(CNC(CC)CO)ccc1OCc1ccc(Cl)cc1Cl.Cl. The van der Waals surface area contributed by atoms with Gasteiger partial charge in [-0.05, 0) is 43.2 Å². The second-order valence-corrected chi connectivity index (χ2v) is 6.75. The zero-order valence-corrected chi connectivity index (χ0v) is 17.8. The van der Waals surface area contributed by atoms with Gasteiger partial charge in [0, 0.05) is 28.2 Å². The van der Waals surface area contributed by atoms with E-state index in [0.29, 0.717) is 41.3 Å². The molecule has 0 aromatic heterocycles. The molecular formula is C20H26Cl3NO3. The first-order valence-electron chi connectivity index (χ1n) is 8.74. The van der Waals surface area contributed by atoms with Crippen LogP contribution in [0, 0.1) is 0 Å². The van der Waals surface area contributed by atoms with Gasteiger partial charge in [-0.3, -0.25) is 0 Å². The highest BCUT2D eigenvalue weighted by molar-refractivity contribution is 6.35. The maximum Gasteiger partial charge on any atom is 0.161 e. The van der Waals surface area contributed by atoms with Gasteiger partial charge in [0.15, 0.2) is 11.5 Å². The second-order valence-electron chi connectivity index (χ2n) is 5.91. The Bertz CT molecular complexity index is 709. The molecule has 0 spiro atoms. The smallest absolute Gasteiger partial charge is 0.161 e. The minimum atomic E-state index is 0. The van der Waals surface area contributed by atoms with Crippen molar-refractivity contribution in [3.05, 3.63) is 57.6 Å². The molecule has 0 heterocycles. The highest BCUT2D eigenvalue weighted by atomic mass is 35.5. The van der Waals surface area contributed by atoms with E-state index in [1.54, 1.807) is 12.1 Å². The van der Waals surface area contributed by atoms with Gasteiger partial charge in [0.1, 0.15) is 6.61 Å². The topological polar surface area (TPSA) is 50.7 Å². The molecule has 1 atom stereocenters. The number of ether oxygens (including phenoxy) is 2. The van der Waals surface area contributed by atoms with Crippen molar-refractivity contribution in [3.8, 4) is 11.5 Å². The van der Waals surface area contributed by atoms with Crippen LogP contribution in [-0.4, -0.2) is 24.4 Å². The predicted molar refractivity (Wildman–Crippen MR) is 114 cm³/mol. The summed E-state index contributed by atoms with van der Waals surface area (Å²) >= 11 is 12.1. The normalized spacial score (nSPS) is 11.6. The number of rotatable bonds is 10. The summed E-state index contributed by atoms with van der Waals surface area (Å²) in [5, 5.41) is 13.8. The van der Waals surface area contributed by atoms with Gasteiger partial charge >= 0.3 is 0 Å². The van der Waals surface area contributed by atoms with E-state index >= 15 is 0 Å². The van der Waals surface area contributed by atoms with Gasteiger partial charge in [0.2, 0.25) is 0 Å². The van der Waals surface area contributed by atoms with Crippen LogP contribution in [-0.2, 0) is 13.2 Å². The molecular weight excluding hydrogens is 409 g/mol. The minimum Gasteiger partial charge on any atom is -0.490 e. The first-order chi connectivity index (χ1) is 12.6. The lowest BCUT2D eigenvalue weighted by atomic mass is 10.1. The van der Waals surface area contributed by atoms with Crippen LogP contribution in [0.2, 0.25) is 10.0 Å². The van der Waals surface area contributed by atoms with Crippen LogP contribution in [0.4, 0.5) is 0 Å². The van der Waals surface area contributed by atoms with E-state index in [-0.39, 0.29) is 25.1 Å². The molecule has 0 saturated heterocycles. The average Bonchev–Trinajstić information content (AvgIpc) is 2.63. The number of aliphatic hydroxyl groups is 1. The van der Waals surface area contributed by atoms with E-state index in [0.717, 1.165) is 17.5 Å². The lowest BCUT2D eigenvalue weighted by Crippen LogP contribution is -2.31. The van der Waals surface area contributed by atoms with E-state index in [4.69, 9.17) is 32.7 Å². The quantitative estimate of drug-likeness (QED) is 0.536. The second kappa shape index (κ2) is 12.3. The molecule has 0 fully saturated rings. The monoisotopic (exact) mass is 433 g/mol. The Hall–Kier alpha value is -1.17. The van der Waals surface area contributed by atoms with E-state index in [1.807, 2.05) is 38.1 Å². The van der Waals surface area contributed by atoms with Gasteiger partial charge in [-0.25, -0.2) is 0 Å². The summed E-state index contributed by atoms with van der Waals surface area (Å²) in [5.41, 5.74) is 1.93. The number of halogens is 3. The van der Waals surface area contributed by atoms with Crippen molar-refractivity contribution in [1.82, 2.24) is 5.32 Å². The molecule has 2 aromatic carbocycles. The minimum absolute atomic E-state index is 0. The van der Waals surface area contributed by atoms with E-state index in [9.17, 15) is 5.11 Å². The highest BCUT2D eigenvalue weighted by Gasteiger charge is 2.10. The molecule has 4 nitrogen and oxygen atoms in total. The third kappa shape index (κ3) is 7.40. The van der Waals surface area contributed by atoms with Gasteiger partial charge in [0.05, 0.1) is 13.2 Å². The van der Waals surface area contributed by atoms with Gasteiger partial charge in [0.25, 0.3) is 0 Å². The number of aliphatic hydroxyl groups excluding tert-OH is 1. The molecule has 150 valence electrons. The van der Waals surface area contributed by atoms with Crippen molar-refractivity contribution in [2.75, 3.05) is 13.2 Å². The van der Waals surface area contributed by atoms with Crippen molar-refractivity contribution >= 4 is 35.6 Å². The summed E-state index contributed by atoms with van der Waals surface area (Å²) < 4.78 is 11.6. The number of benzene rings is 2. The molecule has 0 aliphatic heterocycles. The number of nitrogens with one attached hydrogen (secondary N) is 1. The summed E-state index contributed by atoms with van der Waals surface area (Å²) in [6, 6.07) is 11.3. The fourth-order valence-corrected chi connectivity index (χ4v) is 2.91. The average molecular weight is 435 g/mol. The number of hydrogen-bond donors (Lipinski definition) is 2. The molecule has 27 heavy (non-hydrogen) atoms. The zero-order valence-electron chi connectivity index (χ0n) is 15.5. The Kier molecular flexibility index (Phi) is 10.9. The molecule has 2 aromatic rings. The van der Waals surface area contributed by atoms with Crippen molar-refractivity contribution in [2.45, 2.75) is 39.5 Å². The maximum absolute atomic E-state index is 9.28. The van der Waals surface area contributed by atoms with E-state index in [1.165, 1.54) is 0 Å². The summed E-state index contributed by atoms with van der Waals surface area (Å²) in [7, 11) is 0. The van der Waals surface area contributed by atoms with Crippen LogP contribution >= 0.6 is 35.6 Å². The predicted octanol–water partition coefficient (Wildman–Crippen LogP) is 5.25. The summed E-state index contributed by atoms with van der Waals surface area (Å²) in [5.74, 6) is 1.35. The Balaban J connectivity index is 0.00000364. The Morgan fingerprint density at radius 2 is 1.81 bits per heavy atom. The molecule has 1 unspecified atom stereocenters. The van der Waals surface area contributed by atoms with Crippen LogP contribution in [0.3, 0.4) is 0 Å². The lowest BCUT2D eigenvalue weighted by Gasteiger charge is -2.16. The van der Waals surface area contributed by atoms with Crippen LogP contribution in [0.5, 0.6) is 11.5 Å². The first kappa shape index (κ1) is 23.9. The fourth-order valence-electron chi connectivity index (χ4n) is 2.44. The largest absolute Gasteiger partial charge is 0.490 e. The molecule has 0 aliphatic carbocycles. The standard InChI is InChI=1S/C20H25Cl2NO3.ClH/c1-3-17(12-24)23-11-14-5-8-19(20(9-14)25-4-2)26-13-15-6-7-16(21)10-18(15)22;/h5-10,17,23-24H,3-4,11-13H2,1-2H3;1H. The van der Waals surface area contributed by atoms with Gasteiger partial charge in [-0.15, -0.1) is 12.4 Å². The van der Waals surface area contributed by atoms with Crippen molar-refractivity contribution in [3.63, 3.8) is 0 Å². The molecule has 0 saturated carbocycles. The van der Waals surface area contributed by atoms with Crippen LogP contribution in [0.1, 0.15) is 31.4 Å². The van der Waals surface area contributed by atoms with E-state index < -0.39 is 0 Å². The molecule has 7 heteroatoms. The van der Waals surface area contributed by atoms with Gasteiger partial charge in [-0.1, -0.05) is 42.3 Å². The fraction of sp³-hybridized carbons (Fsp3) is 0.400. The molecule has 0 aliphatic rings. The summed E-state index contributed by atoms with van der Waals surface area (Å²) in [4.78, 5) is 0. The molecule has 0 amide bonds. The van der Waals surface area contributed by atoms with Crippen LogP contribution in [0.25, 0.3) is 0 Å². The van der Waals surface area contributed by atoms with Crippen LogP contribution in [0.15, 0.2) is 36.4 Å². The Morgan fingerprint density at radius 3 is 2.44 bits per heavy atom. The lowest BCUT2D eigenvalue weighted by molar-refractivity contribution is 0.238. The third-order valence-electron chi connectivity index (χ3n) is 4.01. The summed E-state index contributed by atoms with van der Waals surface area (Å²) in [6.07, 6.45) is 0.873. The van der Waals surface area contributed by atoms with Crippen LogP contribution < -0.4 is 14.8 Å². The zero-order chi connectivity index (χ0) is 18.9. The molecule has 0 radical (unpaired) electrons.